The Hall–Kier alpha value is -1.36. The van der Waals surface area contributed by atoms with Crippen molar-refractivity contribution in [1.29, 1.82) is 0 Å². The average Bonchev–Trinajstić information content (AvgIpc) is 2.83. The number of carbonyl (C=O) groups is 1. The molecule has 5 heteroatoms. The van der Waals surface area contributed by atoms with Crippen LogP contribution in [0.1, 0.15) is 54.7 Å². The van der Waals surface area contributed by atoms with Crippen molar-refractivity contribution in [1.82, 2.24) is 9.97 Å². The summed E-state index contributed by atoms with van der Waals surface area (Å²) in [7, 11) is 0. The summed E-state index contributed by atoms with van der Waals surface area (Å²) < 4.78 is 5.35. The monoisotopic (exact) mass is 250 g/mol. The number of H-pyrrole nitrogens is 1. The maximum Gasteiger partial charge on any atom is 0.312 e. The minimum absolute atomic E-state index is 0.402. The van der Waals surface area contributed by atoms with Gasteiger partial charge in [0.15, 0.2) is 0 Å². The summed E-state index contributed by atoms with van der Waals surface area (Å²) in [5.74, 6) is 0.204. The number of aryl methyl sites for hydroxylation is 1. The van der Waals surface area contributed by atoms with E-state index in [4.69, 9.17) is 4.74 Å². The van der Waals surface area contributed by atoms with Gasteiger partial charge in [-0.15, -0.1) is 0 Å². The van der Waals surface area contributed by atoms with Gasteiger partial charge in [-0.25, -0.2) is 4.98 Å². The van der Waals surface area contributed by atoms with E-state index in [-0.39, 0.29) is 0 Å². The molecule has 1 atom stereocenters. The van der Waals surface area contributed by atoms with Crippen molar-refractivity contribution < 1.29 is 14.6 Å². The van der Waals surface area contributed by atoms with E-state index in [9.17, 15) is 9.90 Å². The number of carboxylic acids is 1. The lowest BCUT2D eigenvalue weighted by Crippen LogP contribution is -2.18. The van der Waals surface area contributed by atoms with Crippen LogP contribution in [0.3, 0.4) is 0 Å². The normalized spacial score (nSPS) is 24.8. The molecule has 1 aromatic heterocycles. The molecule has 1 aliphatic heterocycles. The van der Waals surface area contributed by atoms with Crippen molar-refractivity contribution >= 4 is 5.97 Å². The summed E-state index contributed by atoms with van der Waals surface area (Å²) in [6, 6.07) is 0. The average molecular weight is 250 g/mol. The van der Waals surface area contributed by atoms with Crippen LogP contribution in [-0.4, -0.2) is 34.3 Å². The largest absolute Gasteiger partial charge is 0.481 e. The maximum atomic E-state index is 11.2. The third-order valence-corrected chi connectivity index (χ3v) is 3.98. The molecule has 1 aliphatic carbocycles. The van der Waals surface area contributed by atoms with Gasteiger partial charge in [0.05, 0.1) is 5.69 Å². The van der Waals surface area contributed by atoms with E-state index in [1.165, 1.54) is 0 Å². The molecule has 2 aliphatic rings. The fourth-order valence-electron chi connectivity index (χ4n) is 2.95. The van der Waals surface area contributed by atoms with Crippen LogP contribution in [-0.2, 0) is 16.0 Å². The molecule has 1 unspecified atom stereocenters. The highest BCUT2D eigenvalue weighted by molar-refractivity contribution is 5.76. The molecule has 0 aromatic carbocycles. The van der Waals surface area contributed by atoms with Crippen LogP contribution in [0.25, 0.3) is 0 Å². The van der Waals surface area contributed by atoms with Crippen molar-refractivity contribution in [2.75, 3.05) is 13.2 Å². The van der Waals surface area contributed by atoms with Gasteiger partial charge in [-0.05, 0) is 32.1 Å². The molecule has 5 nitrogen and oxygen atoms in total. The molecule has 0 amide bonds. The summed E-state index contributed by atoms with van der Waals surface area (Å²) in [5.41, 5.74) is 1.81. The minimum atomic E-state index is -0.749. The second kappa shape index (κ2) is 4.72. The predicted octanol–water partition coefficient (Wildman–Crippen LogP) is 1.81. The van der Waals surface area contributed by atoms with Gasteiger partial charge in [0.1, 0.15) is 11.7 Å². The number of nitrogens with one attached hydrogen (secondary N) is 1. The van der Waals surface area contributed by atoms with Crippen molar-refractivity contribution in [3.63, 3.8) is 0 Å². The number of imidazole rings is 1. The Bertz CT molecular complexity index is 449. The highest BCUT2D eigenvalue weighted by Gasteiger charge is 2.31. The lowest BCUT2D eigenvalue weighted by Gasteiger charge is -2.19. The highest BCUT2D eigenvalue weighted by Crippen LogP contribution is 2.33. The lowest BCUT2D eigenvalue weighted by molar-refractivity contribution is -0.139. The number of hydrogen-bond acceptors (Lipinski definition) is 3. The molecule has 3 rings (SSSR count). The van der Waals surface area contributed by atoms with Crippen LogP contribution in [0.2, 0.25) is 0 Å². The second-order valence-corrected chi connectivity index (χ2v) is 5.16. The number of carboxylic acid groups (broad SMARTS) is 1. The van der Waals surface area contributed by atoms with Gasteiger partial charge in [-0.2, -0.15) is 0 Å². The fourth-order valence-corrected chi connectivity index (χ4v) is 2.95. The van der Waals surface area contributed by atoms with E-state index in [2.05, 4.69) is 9.97 Å². The SMILES string of the molecule is O=C(O)C1CCCc2[nH]c(C3CCOCC3)nc21. The van der Waals surface area contributed by atoms with Crippen LogP contribution >= 0.6 is 0 Å². The molecule has 1 fully saturated rings. The van der Waals surface area contributed by atoms with Gasteiger partial charge >= 0.3 is 5.97 Å². The van der Waals surface area contributed by atoms with Gasteiger partial charge in [0, 0.05) is 24.8 Å². The predicted molar refractivity (Wildman–Crippen MR) is 64.7 cm³/mol. The number of hydrogen-bond donors (Lipinski definition) is 2. The third-order valence-electron chi connectivity index (χ3n) is 3.98. The zero-order valence-corrected chi connectivity index (χ0v) is 10.3. The van der Waals surface area contributed by atoms with Gasteiger partial charge in [0.25, 0.3) is 0 Å². The molecule has 0 bridgehead atoms. The van der Waals surface area contributed by atoms with Crippen LogP contribution < -0.4 is 0 Å². The quantitative estimate of drug-likeness (QED) is 0.839. The molecule has 0 spiro atoms. The Morgan fingerprint density at radius 2 is 2.11 bits per heavy atom. The standard InChI is InChI=1S/C13H18N2O3/c16-13(17)9-2-1-3-10-11(9)15-12(14-10)8-4-6-18-7-5-8/h8-9H,1-7H2,(H,14,15)(H,16,17). The first-order valence-corrected chi connectivity index (χ1v) is 6.65. The topological polar surface area (TPSA) is 75.2 Å². The maximum absolute atomic E-state index is 11.2. The molecule has 2 N–H and O–H groups in total. The number of rotatable bonds is 2. The Balaban J connectivity index is 1.88. The van der Waals surface area contributed by atoms with Crippen LogP contribution in [0, 0.1) is 0 Å². The summed E-state index contributed by atoms with van der Waals surface area (Å²) in [6.45, 7) is 1.55. The van der Waals surface area contributed by atoms with E-state index < -0.39 is 11.9 Å². The number of aromatic amines is 1. The number of fused-ring (bicyclic) bond motifs is 1. The molecule has 0 saturated carbocycles. The molecular weight excluding hydrogens is 232 g/mol. The van der Waals surface area contributed by atoms with E-state index in [1.807, 2.05) is 0 Å². The number of aliphatic carboxylic acids is 1. The molecule has 18 heavy (non-hydrogen) atoms. The van der Waals surface area contributed by atoms with Gasteiger partial charge in [0.2, 0.25) is 0 Å². The van der Waals surface area contributed by atoms with E-state index in [1.54, 1.807) is 0 Å². The van der Waals surface area contributed by atoms with Crippen molar-refractivity contribution in [2.24, 2.45) is 0 Å². The first-order chi connectivity index (χ1) is 8.75. The highest BCUT2D eigenvalue weighted by atomic mass is 16.5. The molecule has 1 aromatic rings. The van der Waals surface area contributed by atoms with Crippen molar-refractivity contribution in [3.05, 3.63) is 17.2 Å². The zero-order valence-electron chi connectivity index (χ0n) is 10.3. The number of ether oxygens (including phenoxy) is 1. The van der Waals surface area contributed by atoms with E-state index >= 15 is 0 Å². The Kier molecular flexibility index (Phi) is 3.07. The van der Waals surface area contributed by atoms with Gasteiger partial charge < -0.3 is 14.8 Å². The first-order valence-electron chi connectivity index (χ1n) is 6.65. The minimum Gasteiger partial charge on any atom is -0.481 e. The Morgan fingerprint density at radius 1 is 1.33 bits per heavy atom. The summed E-state index contributed by atoms with van der Waals surface area (Å²) in [6.07, 6.45) is 4.52. The van der Waals surface area contributed by atoms with Crippen LogP contribution in [0.4, 0.5) is 0 Å². The van der Waals surface area contributed by atoms with E-state index in [0.717, 1.165) is 56.1 Å². The molecular formula is C13H18N2O3. The zero-order chi connectivity index (χ0) is 12.5. The van der Waals surface area contributed by atoms with Crippen molar-refractivity contribution in [2.45, 2.75) is 43.9 Å². The molecule has 0 radical (unpaired) electrons. The number of nitrogens with zero attached hydrogens (tertiary/aromatic N) is 1. The smallest absolute Gasteiger partial charge is 0.312 e. The van der Waals surface area contributed by atoms with Crippen LogP contribution in [0.15, 0.2) is 0 Å². The molecule has 98 valence electrons. The fraction of sp³-hybridized carbons (Fsp3) is 0.692. The number of aromatic nitrogens is 2. The van der Waals surface area contributed by atoms with Crippen LogP contribution in [0.5, 0.6) is 0 Å². The summed E-state index contributed by atoms with van der Waals surface area (Å²) in [5, 5.41) is 9.23. The Labute approximate surface area is 106 Å². The lowest BCUT2D eigenvalue weighted by atomic mass is 9.90. The van der Waals surface area contributed by atoms with Gasteiger partial charge in [-0.1, -0.05) is 0 Å². The third kappa shape index (κ3) is 2.03. The van der Waals surface area contributed by atoms with E-state index in [0.29, 0.717) is 12.3 Å². The first kappa shape index (κ1) is 11.7. The Morgan fingerprint density at radius 3 is 2.83 bits per heavy atom. The second-order valence-electron chi connectivity index (χ2n) is 5.16. The summed E-state index contributed by atoms with van der Waals surface area (Å²) >= 11 is 0. The van der Waals surface area contributed by atoms with Crippen molar-refractivity contribution in [3.8, 4) is 0 Å². The molecule has 2 heterocycles. The summed E-state index contributed by atoms with van der Waals surface area (Å²) in [4.78, 5) is 19.2. The molecule has 1 saturated heterocycles. The van der Waals surface area contributed by atoms with Gasteiger partial charge in [-0.3, -0.25) is 4.79 Å².